The number of nitrogens with zero attached hydrogens (tertiary/aromatic N) is 3. The zero-order valence-corrected chi connectivity index (χ0v) is 10.1. The zero-order valence-electron chi connectivity index (χ0n) is 10.1. The third kappa shape index (κ3) is 3.03. The Hall–Kier alpha value is -3.07. The number of nitro benzene ring substituents is 1. The summed E-state index contributed by atoms with van der Waals surface area (Å²) in [6.07, 6.45) is 0. The molecule has 0 aliphatic heterocycles. The molecule has 1 aromatic carbocycles. The summed E-state index contributed by atoms with van der Waals surface area (Å²) >= 11 is 0. The summed E-state index contributed by atoms with van der Waals surface area (Å²) in [5, 5.41) is 20.4. The average molecular weight is 274 g/mol. The molecule has 0 bridgehead atoms. The van der Waals surface area contributed by atoms with Gasteiger partial charge in [0, 0.05) is 17.8 Å². The van der Waals surface area contributed by atoms with Crippen molar-refractivity contribution >= 4 is 23.1 Å². The summed E-state index contributed by atoms with van der Waals surface area (Å²) in [6.45, 7) is 0. The van der Waals surface area contributed by atoms with Crippen molar-refractivity contribution < 1.29 is 9.72 Å². The number of carbonyl (C=O) groups is 1. The molecule has 1 heterocycles. The number of nitrogen functional groups attached to an aromatic ring is 1. The molecule has 0 atom stereocenters. The molecule has 1 amide bonds. The van der Waals surface area contributed by atoms with Crippen molar-refractivity contribution in [3.8, 4) is 0 Å². The highest BCUT2D eigenvalue weighted by molar-refractivity contribution is 6.02. The monoisotopic (exact) mass is 274 g/mol. The van der Waals surface area contributed by atoms with Crippen LogP contribution in [-0.4, -0.2) is 21.0 Å². The van der Waals surface area contributed by atoms with Crippen LogP contribution in [0.15, 0.2) is 36.4 Å². The van der Waals surface area contributed by atoms with Crippen molar-refractivity contribution in [3.05, 3.63) is 52.2 Å². The van der Waals surface area contributed by atoms with E-state index in [1.165, 1.54) is 36.4 Å². The second-order valence-electron chi connectivity index (χ2n) is 3.71. The maximum absolute atomic E-state index is 11.9. The molecule has 0 radical (unpaired) electrons. The molecule has 1 aromatic heterocycles. The number of amides is 1. The molecule has 0 spiro atoms. The van der Waals surface area contributed by atoms with Gasteiger partial charge in [0.15, 0.2) is 11.5 Å². The quantitative estimate of drug-likeness (QED) is 0.428. The molecule has 0 saturated carbocycles. The van der Waals surface area contributed by atoms with E-state index < -0.39 is 10.8 Å². The van der Waals surface area contributed by atoms with Gasteiger partial charge in [-0.3, -0.25) is 14.9 Å². The van der Waals surface area contributed by atoms with Gasteiger partial charge in [-0.05, 0) is 18.2 Å². The second kappa shape index (κ2) is 5.71. The first-order chi connectivity index (χ1) is 9.60. The highest BCUT2D eigenvalue weighted by Gasteiger charge is 2.11. The van der Waals surface area contributed by atoms with E-state index in [0.717, 1.165) is 0 Å². The Kier molecular flexibility index (Phi) is 3.82. The molecule has 0 aliphatic rings. The Bertz CT molecular complexity index is 643. The number of nitrogens with one attached hydrogen (secondary N) is 2. The van der Waals surface area contributed by atoms with Crippen molar-refractivity contribution in [2.45, 2.75) is 0 Å². The molecular weight excluding hydrogens is 264 g/mol. The lowest BCUT2D eigenvalue weighted by Crippen LogP contribution is -2.16. The topological polar surface area (TPSA) is 136 Å². The number of anilines is 2. The third-order valence-electron chi connectivity index (χ3n) is 2.36. The predicted octanol–water partition coefficient (Wildman–Crippen LogP) is 0.923. The van der Waals surface area contributed by atoms with Gasteiger partial charge in [-0.25, -0.2) is 5.84 Å². The highest BCUT2D eigenvalue weighted by atomic mass is 16.6. The lowest BCUT2D eigenvalue weighted by molar-refractivity contribution is -0.384. The Labute approximate surface area is 112 Å². The van der Waals surface area contributed by atoms with E-state index in [4.69, 9.17) is 5.84 Å². The molecule has 9 heteroatoms. The van der Waals surface area contributed by atoms with E-state index in [1.807, 2.05) is 0 Å². The van der Waals surface area contributed by atoms with Crippen LogP contribution in [0.1, 0.15) is 10.5 Å². The lowest BCUT2D eigenvalue weighted by atomic mass is 10.2. The van der Waals surface area contributed by atoms with Gasteiger partial charge >= 0.3 is 0 Å². The van der Waals surface area contributed by atoms with E-state index >= 15 is 0 Å². The van der Waals surface area contributed by atoms with Crippen LogP contribution in [0.4, 0.5) is 17.2 Å². The smallest absolute Gasteiger partial charge is 0.276 e. The summed E-state index contributed by atoms with van der Waals surface area (Å²) in [5.41, 5.74) is 2.53. The fourth-order valence-corrected chi connectivity index (χ4v) is 1.42. The van der Waals surface area contributed by atoms with E-state index in [2.05, 4.69) is 20.9 Å². The van der Waals surface area contributed by atoms with Crippen molar-refractivity contribution in [2.75, 3.05) is 10.7 Å². The number of benzene rings is 1. The summed E-state index contributed by atoms with van der Waals surface area (Å²) in [7, 11) is 0. The standard InChI is InChI=1S/C11H10N6O3/c12-14-10-5-4-9(15-16-10)11(18)13-7-2-1-3-8(6-7)17(19)20/h1-6H,12H2,(H,13,18)(H,14,16). The van der Waals surface area contributed by atoms with Crippen LogP contribution in [-0.2, 0) is 0 Å². The summed E-state index contributed by atoms with van der Waals surface area (Å²) in [4.78, 5) is 21.9. The largest absolute Gasteiger partial charge is 0.320 e. The van der Waals surface area contributed by atoms with Crippen LogP contribution in [0.3, 0.4) is 0 Å². The van der Waals surface area contributed by atoms with Gasteiger partial charge < -0.3 is 10.7 Å². The number of carbonyl (C=O) groups excluding carboxylic acids is 1. The molecule has 102 valence electrons. The predicted molar refractivity (Wildman–Crippen MR) is 70.9 cm³/mol. The molecule has 9 nitrogen and oxygen atoms in total. The molecule has 0 fully saturated rings. The van der Waals surface area contributed by atoms with Crippen molar-refractivity contribution in [1.82, 2.24) is 10.2 Å². The molecule has 2 aromatic rings. The average Bonchev–Trinajstić information content (AvgIpc) is 2.47. The van der Waals surface area contributed by atoms with Gasteiger partial charge in [0.1, 0.15) is 0 Å². The Morgan fingerprint density at radius 3 is 2.65 bits per heavy atom. The lowest BCUT2D eigenvalue weighted by Gasteiger charge is -2.04. The minimum absolute atomic E-state index is 0.0653. The fourth-order valence-electron chi connectivity index (χ4n) is 1.42. The van der Waals surface area contributed by atoms with E-state index in [1.54, 1.807) is 0 Å². The number of rotatable bonds is 4. The number of hydrogen-bond acceptors (Lipinski definition) is 7. The van der Waals surface area contributed by atoms with Crippen LogP contribution < -0.4 is 16.6 Å². The minimum atomic E-state index is -0.544. The normalized spacial score (nSPS) is 9.85. The van der Waals surface area contributed by atoms with E-state index in [0.29, 0.717) is 11.5 Å². The first-order valence-corrected chi connectivity index (χ1v) is 5.46. The van der Waals surface area contributed by atoms with Crippen LogP contribution >= 0.6 is 0 Å². The Balaban J connectivity index is 2.14. The van der Waals surface area contributed by atoms with E-state index in [9.17, 15) is 14.9 Å². The number of nitrogens with two attached hydrogens (primary N) is 1. The van der Waals surface area contributed by atoms with Crippen LogP contribution in [0.2, 0.25) is 0 Å². The van der Waals surface area contributed by atoms with Gasteiger partial charge in [0.05, 0.1) is 4.92 Å². The first kappa shape index (κ1) is 13.4. The third-order valence-corrected chi connectivity index (χ3v) is 2.36. The van der Waals surface area contributed by atoms with E-state index in [-0.39, 0.29) is 11.4 Å². The van der Waals surface area contributed by atoms with Crippen molar-refractivity contribution in [2.24, 2.45) is 5.84 Å². The maximum Gasteiger partial charge on any atom is 0.276 e. The summed E-state index contributed by atoms with van der Waals surface area (Å²) in [6, 6.07) is 8.50. The maximum atomic E-state index is 11.9. The summed E-state index contributed by atoms with van der Waals surface area (Å²) < 4.78 is 0. The molecule has 0 saturated heterocycles. The molecule has 4 N–H and O–H groups in total. The fraction of sp³-hybridized carbons (Fsp3) is 0. The highest BCUT2D eigenvalue weighted by Crippen LogP contribution is 2.17. The van der Waals surface area contributed by atoms with Gasteiger partial charge in [-0.15, -0.1) is 10.2 Å². The molecule has 0 unspecified atom stereocenters. The summed E-state index contributed by atoms with van der Waals surface area (Å²) in [5.74, 6) is 4.92. The molecule has 0 aliphatic carbocycles. The zero-order chi connectivity index (χ0) is 14.5. The molecular formula is C11H10N6O3. The number of non-ortho nitro benzene ring substituents is 1. The van der Waals surface area contributed by atoms with Crippen molar-refractivity contribution in [3.63, 3.8) is 0 Å². The van der Waals surface area contributed by atoms with Gasteiger partial charge in [-0.1, -0.05) is 6.07 Å². The van der Waals surface area contributed by atoms with Crippen LogP contribution in [0, 0.1) is 10.1 Å². The number of hydrogen-bond donors (Lipinski definition) is 3. The molecule has 2 rings (SSSR count). The number of hydrazine groups is 1. The SMILES string of the molecule is NNc1ccc(C(=O)Nc2cccc([N+](=O)[O-])c2)nn1. The van der Waals surface area contributed by atoms with Gasteiger partial charge in [0.25, 0.3) is 11.6 Å². The first-order valence-electron chi connectivity index (χ1n) is 5.46. The minimum Gasteiger partial charge on any atom is -0.320 e. The van der Waals surface area contributed by atoms with Gasteiger partial charge in [0.2, 0.25) is 0 Å². The van der Waals surface area contributed by atoms with Gasteiger partial charge in [-0.2, -0.15) is 0 Å². The number of nitro groups is 1. The van der Waals surface area contributed by atoms with Crippen LogP contribution in [0.5, 0.6) is 0 Å². The molecule has 20 heavy (non-hydrogen) atoms. The number of aromatic nitrogens is 2. The van der Waals surface area contributed by atoms with Crippen LogP contribution in [0.25, 0.3) is 0 Å². The van der Waals surface area contributed by atoms with Crippen molar-refractivity contribution in [1.29, 1.82) is 0 Å². The Morgan fingerprint density at radius 2 is 2.05 bits per heavy atom. The Morgan fingerprint density at radius 1 is 1.25 bits per heavy atom. The second-order valence-corrected chi connectivity index (χ2v) is 3.71.